The van der Waals surface area contributed by atoms with Gasteiger partial charge in [-0.05, 0) is 0 Å². The fraction of sp³-hybridized carbons (Fsp3) is 0.250. The molecule has 0 aliphatic carbocycles. The maximum absolute atomic E-state index is 5.37. The summed E-state index contributed by atoms with van der Waals surface area (Å²) in [5.41, 5.74) is 10.7. The van der Waals surface area contributed by atoms with Gasteiger partial charge in [0, 0.05) is 6.08 Å². The van der Waals surface area contributed by atoms with Crippen molar-refractivity contribution >= 4 is 5.84 Å². The Balaban J connectivity index is 2.74. The summed E-state index contributed by atoms with van der Waals surface area (Å²) in [6.07, 6.45) is 1.52. The zero-order valence-corrected chi connectivity index (χ0v) is 4.91. The van der Waals surface area contributed by atoms with Crippen LogP contribution in [0.4, 0.5) is 0 Å². The molecule has 0 atom stereocenters. The summed E-state index contributed by atoms with van der Waals surface area (Å²) in [5.74, 6) is 6.19. The SMILES string of the molecule is NC1=CC(N)=NCN1N. The number of amidine groups is 1. The van der Waals surface area contributed by atoms with E-state index in [1.54, 1.807) is 0 Å². The summed E-state index contributed by atoms with van der Waals surface area (Å²) >= 11 is 0. The third kappa shape index (κ3) is 1.11. The summed E-state index contributed by atoms with van der Waals surface area (Å²) in [5, 5.41) is 1.32. The van der Waals surface area contributed by atoms with E-state index in [4.69, 9.17) is 17.3 Å². The Bertz CT molecular complexity index is 170. The average molecular weight is 127 g/mol. The summed E-state index contributed by atoms with van der Waals surface area (Å²) in [7, 11) is 0. The Hall–Kier alpha value is -1.23. The van der Waals surface area contributed by atoms with Crippen LogP contribution in [0.1, 0.15) is 0 Å². The maximum atomic E-state index is 5.37. The second kappa shape index (κ2) is 1.94. The highest BCUT2D eigenvalue weighted by Crippen LogP contribution is 1.95. The molecule has 0 aromatic carbocycles. The average Bonchev–Trinajstić information content (AvgIpc) is 1.80. The van der Waals surface area contributed by atoms with Gasteiger partial charge < -0.3 is 11.5 Å². The fourth-order valence-corrected chi connectivity index (χ4v) is 0.520. The van der Waals surface area contributed by atoms with Crippen LogP contribution in [-0.2, 0) is 0 Å². The van der Waals surface area contributed by atoms with E-state index < -0.39 is 0 Å². The first-order chi connectivity index (χ1) is 4.20. The number of aliphatic imine (C=N–C) groups is 1. The van der Waals surface area contributed by atoms with Gasteiger partial charge in [-0.25, -0.2) is 10.8 Å². The number of hydrogen-bond donors (Lipinski definition) is 3. The van der Waals surface area contributed by atoms with Crippen molar-refractivity contribution in [1.82, 2.24) is 5.01 Å². The van der Waals surface area contributed by atoms with Gasteiger partial charge in [-0.15, -0.1) is 0 Å². The van der Waals surface area contributed by atoms with Crippen molar-refractivity contribution in [3.8, 4) is 0 Å². The molecule has 0 spiro atoms. The molecule has 0 aromatic heterocycles. The van der Waals surface area contributed by atoms with Crippen LogP contribution in [-0.4, -0.2) is 17.5 Å². The summed E-state index contributed by atoms with van der Waals surface area (Å²) in [6, 6.07) is 0. The second-order valence-electron chi connectivity index (χ2n) is 1.76. The third-order valence-electron chi connectivity index (χ3n) is 1.03. The molecule has 0 saturated heterocycles. The molecule has 1 aliphatic heterocycles. The Kier molecular flexibility index (Phi) is 1.27. The van der Waals surface area contributed by atoms with Crippen molar-refractivity contribution in [2.24, 2.45) is 22.3 Å². The lowest BCUT2D eigenvalue weighted by atomic mass is 10.4. The van der Waals surface area contributed by atoms with Gasteiger partial charge in [0.2, 0.25) is 0 Å². The highest BCUT2D eigenvalue weighted by Gasteiger charge is 2.04. The van der Waals surface area contributed by atoms with Crippen LogP contribution in [0.3, 0.4) is 0 Å². The Morgan fingerprint density at radius 3 is 2.67 bits per heavy atom. The molecular formula is C4H9N5. The molecule has 5 heteroatoms. The topological polar surface area (TPSA) is 93.7 Å². The van der Waals surface area contributed by atoms with Gasteiger partial charge in [-0.3, -0.25) is 5.01 Å². The molecular weight excluding hydrogens is 118 g/mol. The summed E-state index contributed by atoms with van der Waals surface area (Å²) in [4.78, 5) is 3.80. The van der Waals surface area contributed by atoms with Gasteiger partial charge in [0.05, 0.1) is 0 Å². The third-order valence-corrected chi connectivity index (χ3v) is 1.03. The van der Waals surface area contributed by atoms with E-state index in [-0.39, 0.29) is 0 Å². The molecule has 0 amide bonds. The van der Waals surface area contributed by atoms with Crippen molar-refractivity contribution in [1.29, 1.82) is 0 Å². The van der Waals surface area contributed by atoms with E-state index in [0.717, 1.165) is 0 Å². The molecule has 0 saturated carbocycles. The lowest BCUT2D eigenvalue weighted by Crippen LogP contribution is -2.38. The van der Waals surface area contributed by atoms with Gasteiger partial charge in [0.15, 0.2) is 0 Å². The number of nitrogens with two attached hydrogens (primary N) is 3. The van der Waals surface area contributed by atoms with Crippen LogP contribution in [0.2, 0.25) is 0 Å². The van der Waals surface area contributed by atoms with E-state index >= 15 is 0 Å². The van der Waals surface area contributed by atoms with Gasteiger partial charge in [-0.1, -0.05) is 0 Å². The first-order valence-corrected chi connectivity index (χ1v) is 2.49. The summed E-state index contributed by atoms with van der Waals surface area (Å²) < 4.78 is 0. The van der Waals surface area contributed by atoms with E-state index in [1.165, 1.54) is 11.1 Å². The van der Waals surface area contributed by atoms with Crippen LogP contribution >= 0.6 is 0 Å². The Labute approximate surface area is 52.8 Å². The maximum Gasteiger partial charge on any atom is 0.128 e. The van der Waals surface area contributed by atoms with Crippen molar-refractivity contribution in [3.05, 3.63) is 11.9 Å². The van der Waals surface area contributed by atoms with Gasteiger partial charge in [-0.2, -0.15) is 0 Å². The highest BCUT2D eigenvalue weighted by atomic mass is 15.5. The zero-order chi connectivity index (χ0) is 6.85. The van der Waals surface area contributed by atoms with Crippen molar-refractivity contribution in [2.45, 2.75) is 0 Å². The fourth-order valence-electron chi connectivity index (χ4n) is 0.520. The van der Waals surface area contributed by atoms with Gasteiger partial charge in [0.1, 0.15) is 18.3 Å². The van der Waals surface area contributed by atoms with Gasteiger partial charge in [0.25, 0.3) is 0 Å². The molecule has 9 heavy (non-hydrogen) atoms. The monoisotopic (exact) mass is 127 g/mol. The molecule has 5 nitrogen and oxygen atoms in total. The lowest BCUT2D eigenvalue weighted by molar-refractivity contribution is 0.363. The molecule has 1 rings (SSSR count). The van der Waals surface area contributed by atoms with Crippen LogP contribution in [0.15, 0.2) is 16.9 Å². The van der Waals surface area contributed by atoms with Crippen molar-refractivity contribution < 1.29 is 0 Å². The number of hydrogen-bond acceptors (Lipinski definition) is 5. The minimum Gasteiger partial charge on any atom is -0.384 e. The largest absolute Gasteiger partial charge is 0.384 e. The van der Waals surface area contributed by atoms with Crippen molar-refractivity contribution in [2.75, 3.05) is 6.67 Å². The predicted molar refractivity (Wildman–Crippen MR) is 34.8 cm³/mol. The zero-order valence-electron chi connectivity index (χ0n) is 4.91. The van der Waals surface area contributed by atoms with E-state index in [0.29, 0.717) is 18.3 Å². The predicted octanol–water partition coefficient (Wildman–Crippen LogP) is -1.71. The smallest absolute Gasteiger partial charge is 0.128 e. The molecule has 0 aromatic rings. The normalized spacial score (nSPS) is 19.0. The van der Waals surface area contributed by atoms with Crippen LogP contribution in [0.5, 0.6) is 0 Å². The van der Waals surface area contributed by atoms with E-state index in [9.17, 15) is 0 Å². The van der Waals surface area contributed by atoms with E-state index in [2.05, 4.69) is 4.99 Å². The molecule has 1 aliphatic rings. The molecule has 0 bridgehead atoms. The van der Waals surface area contributed by atoms with E-state index in [1.807, 2.05) is 0 Å². The Morgan fingerprint density at radius 1 is 1.56 bits per heavy atom. The molecule has 50 valence electrons. The molecule has 0 radical (unpaired) electrons. The number of nitrogens with zero attached hydrogens (tertiary/aromatic N) is 2. The lowest BCUT2D eigenvalue weighted by Gasteiger charge is -2.19. The second-order valence-corrected chi connectivity index (χ2v) is 1.76. The molecule has 0 fully saturated rings. The van der Waals surface area contributed by atoms with Gasteiger partial charge >= 0.3 is 0 Å². The van der Waals surface area contributed by atoms with Crippen LogP contribution < -0.4 is 17.3 Å². The van der Waals surface area contributed by atoms with Crippen molar-refractivity contribution in [3.63, 3.8) is 0 Å². The number of rotatable bonds is 0. The minimum atomic E-state index is 0.341. The quantitative estimate of drug-likeness (QED) is 0.338. The van der Waals surface area contributed by atoms with Crippen LogP contribution in [0, 0.1) is 0 Å². The standard InChI is InChI=1S/C4H9N5/c5-3-1-4(6)9(7)2-8-3/h1H,2,6-7H2,(H2,5,8). The molecule has 0 unspecified atom stereocenters. The molecule has 1 heterocycles. The highest BCUT2D eigenvalue weighted by molar-refractivity contribution is 5.92. The molecule has 6 N–H and O–H groups in total. The van der Waals surface area contributed by atoms with Crippen LogP contribution in [0.25, 0.3) is 0 Å². The first kappa shape index (κ1) is 5.90. The summed E-state index contributed by atoms with van der Waals surface area (Å²) in [6.45, 7) is 0.341. The minimum absolute atomic E-state index is 0.341. The first-order valence-electron chi connectivity index (χ1n) is 2.49. The Morgan fingerprint density at radius 2 is 2.22 bits per heavy atom. The number of hydrazine groups is 1.